The van der Waals surface area contributed by atoms with E-state index in [9.17, 15) is 0 Å². The van der Waals surface area contributed by atoms with Gasteiger partial charge in [0.25, 0.3) is 0 Å². The molecule has 0 aliphatic carbocycles. The van der Waals surface area contributed by atoms with Crippen molar-refractivity contribution in [3.05, 3.63) is 29.0 Å². The van der Waals surface area contributed by atoms with E-state index in [0.717, 1.165) is 17.2 Å². The average molecular weight is 276 g/mol. The maximum Gasteiger partial charge on any atom is 0.188 e. The van der Waals surface area contributed by atoms with Crippen molar-refractivity contribution < 1.29 is 0 Å². The first-order valence-electron chi connectivity index (χ1n) is 6.58. The molecule has 0 spiro atoms. The van der Waals surface area contributed by atoms with Gasteiger partial charge in [-0.2, -0.15) is 0 Å². The summed E-state index contributed by atoms with van der Waals surface area (Å²) in [6.45, 7) is 9.50. The normalized spacial score (nSPS) is 11.5. The van der Waals surface area contributed by atoms with E-state index in [0.29, 0.717) is 17.8 Å². The standard InChI is InChI=1S/C14H20N4S/c1-9(2)12-11(8-17-10(3)4)19-14(18-12)13-15-6-5-7-16-13/h5-7,9-10,17H,8H2,1-4H3. The SMILES string of the molecule is CC(C)NCc1sc(-c2ncccn2)nc1C(C)C. The minimum absolute atomic E-state index is 0.415. The minimum atomic E-state index is 0.415. The predicted molar refractivity (Wildman–Crippen MR) is 79.2 cm³/mol. The molecule has 0 aliphatic heterocycles. The largest absolute Gasteiger partial charge is 0.310 e. The van der Waals surface area contributed by atoms with Crippen LogP contribution in [0.2, 0.25) is 0 Å². The first kappa shape index (κ1) is 14.1. The zero-order chi connectivity index (χ0) is 13.8. The van der Waals surface area contributed by atoms with E-state index in [1.165, 1.54) is 4.88 Å². The molecule has 0 aromatic carbocycles. The van der Waals surface area contributed by atoms with Crippen LogP contribution in [0.3, 0.4) is 0 Å². The molecule has 0 atom stereocenters. The maximum atomic E-state index is 4.71. The molecule has 4 nitrogen and oxygen atoms in total. The summed E-state index contributed by atoms with van der Waals surface area (Å²) in [6, 6.07) is 2.29. The topological polar surface area (TPSA) is 50.7 Å². The first-order valence-corrected chi connectivity index (χ1v) is 7.40. The molecule has 5 heteroatoms. The predicted octanol–water partition coefficient (Wildman–Crippen LogP) is 3.22. The minimum Gasteiger partial charge on any atom is -0.310 e. The monoisotopic (exact) mass is 276 g/mol. The highest BCUT2D eigenvalue weighted by molar-refractivity contribution is 7.15. The van der Waals surface area contributed by atoms with E-state index in [1.807, 2.05) is 6.07 Å². The third-order valence-corrected chi connectivity index (χ3v) is 3.77. The second-order valence-electron chi connectivity index (χ2n) is 5.09. The van der Waals surface area contributed by atoms with E-state index < -0.39 is 0 Å². The molecule has 2 aromatic rings. The Morgan fingerprint density at radius 1 is 1.16 bits per heavy atom. The number of thiazole rings is 1. The van der Waals surface area contributed by atoms with Gasteiger partial charge in [0.2, 0.25) is 0 Å². The van der Waals surface area contributed by atoms with Gasteiger partial charge < -0.3 is 5.32 Å². The summed E-state index contributed by atoms with van der Waals surface area (Å²) in [5, 5.41) is 4.36. The molecular weight excluding hydrogens is 256 g/mol. The Bertz CT molecular complexity index is 519. The van der Waals surface area contributed by atoms with Gasteiger partial charge >= 0.3 is 0 Å². The molecule has 0 radical (unpaired) electrons. The molecule has 19 heavy (non-hydrogen) atoms. The Labute approximate surface area is 118 Å². The van der Waals surface area contributed by atoms with Crippen LogP contribution in [0.4, 0.5) is 0 Å². The number of nitrogens with one attached hydrogen (secondary N) is 1. The molecule has 1 N–H and O–H groups in total. The fourth-order valence-corrected chi connectivity index (χ4v) is 2.86. The van der Waals surface area contributed by atoms with Crippen molar-refractivity contribution in [2.24, 2.45) is 0 Å². The van der Waals surface area contributed by atoms with Crippen LogP contribution in [0.15, 0.2) is 18.5 Å². The Kier molecular flexibility index (Phi) is 4.61. The van der Waals surface area contributed by atoms with Crippen LogP contribution in [0.1, 0.15) is 44.2 Å². The van der Waals surface area contributed by atoms with Crippen molar-refractivity contribution in [1.29, 1.82) is 0 Å². The molecule has 0 bridgehead atoms. The second-order valence-corrected chi connectivity index (χ2v) is 6.17. The third kappa shape index (κ3) is 3.58. The fraction of sp³-hybridized carbons (Fsp3) is 0.500. The highest BCUT2D eigenvalue weighted by Gasteiger charge is 2.16. The van der Waals surface area contributed by atoms with Crippen molar-refractivity contribution in [2.75, 3.05) is 0 Å². The van der Waals surface area contributed by atoms with E-state index >= 15 is 0 Å². The Hall–Kier alpha value is -1.33. The average Bonchev–Trinajstić information content (AvgIpc) is 2.81. The van der Waals surface area contributed by atoms with Crippen LogP contribution in [-0.4, -0.2) is 21.0 Å². The van der Waals surface area contributed by atoms with Crippen molar-refractivity contribution in [3.8, 4) is 10.8 Å². The van der Waals surface area contributed by atoms with E-state index in [2.05, 4.69) is 43.0 Å². The van der Waals surface area contributed by atoms with E-state index in [1.54, 1.807) is 23.7 Å². The van der Waals surface area contributed by atoms with Crippen LogP contribution in [0, 0.1) is 0 Å². The van der Waals surface area contributed by atoms with Crippen molar-refractivity contribution in [2.45, 2.75) is 46.2 Å². The summed E-state index contributed by atoms with van der Waals surface area (Å²) in [6.07, 6.45) is 3.51. The van der Waals surface area contributed by atoms with Gasteiger partial charge in [0.05, 0.1) is 5.69 Å². The van der Waals surface area contributed by atoms with Gasteiger partial charge in [0.1, 0.15) is 0 Å². The van der Waals surface area contributed by atoms with Gasteiger partial charge in [-0.25, -0.2) is 15.0 Å². The van der Waals surface area contributed by atoms with E-state index in [4.69, 9.17) is 4.98 Å². The number of nitrogens with zero attached hydrogens (tertiary/aromatic N) is 3. The zero-order valence-corrected chi connectivity index (χ0v) is 12.7. The molecule has 2 heterocycles. The summed E-state index contributed by atoms with van der Waals surface area (Å²) >= 11 is 1.68. The van der Waals surface area contributed by atoms with E-state index in [-0.39, 0.29) is 0 Å². The van der Waals surface area contributed by atoms with Gasteiger partial charge in [0.15, 0.2) is 10.8 Å². The lowest BCUT2D eigenvalue weighted by Gasteiger charge is -2.09. The van der Waals surface area contributed by atoms with Crippen LogP contribution >= 0.6 is 11.3 Å². The van der Waals surface area contributed by atoms with Gasteiger partial charge in [-0.1, -0.05) is 27.7 Å². The third-order valence-electron chi connectivity index (χ3n) is 2.70. The smallest absolute Gasteiger partial charge is 0.188 e. The summed E-state index contributed by atoms with van der Waals surface area (Å²) in [5.74, 6) is 1.13. The van der Waals surface area contributed by atoms with Crippen LogP contribution < -0.4 is 5.32 Å². The molecule has 0 fully saturated rings. The van der Waals surface area contributed by atoms with Gasteiger partial charge in [0, 0.05) is 29.9 Å². The summed E-state index contributed by atoms with van der Waals surface area (Å²) in [5.41, 5.74) is 1.15. The molecule has 0 amide bonds. The lowest BCUT2D eigenvalue weighted by Crippen LogP contribution is -2.22. The Morgan fingerprint density at radius 2 is 1.84 bits per heavy atom. The quantitative estimate of drug-likeness (QED) is 0.911. The van der Waals surface area contributed by atoms with Crippen LogP contribution in [0.25, 0.3) is 10.8 Å². The molecule has 0 unspecified atom stereocenters. The highest BCUT2D eigenvalue weighted by atomic mass is 32.1. The lowest BCUT2D eigenvalue weighted by atomic mass is 10.1. The summed E-state index contributed by atoms with van der Waals surface area (Å²) in [7, 11) is 0. The van der Waals surface area contributed by atoms with Gasteiger partial charge in [-0.15, -0.1) is 11.3 Å². The summed E-state index contributed by atoms with van der Waals surface area (Å²) < 4.78 is 0. The second kappa shape index (κ2) is 6.21. The van der Waals surface area contributed by atoms with Crippen LogP contribution in [0.5, 0.6) is 0 Å². The van der Waals surface area contributed by atoms with Gasteiger partial charge in [-0.05, 0) is 12.0 Å². The Morgan fingerprint density at radius 3 is 2.42 bits per heavy atom. The summed E-state index contributed by atoms with van der Waals surface area (Å²) in [4.78, 5) is 14.5. The molecule has 0 saturated carbocycles. The van der Waals surface area contributed by atoms with Crippen molar-refractivity contribution in [1.82, 2.24) is 20.3 Å². The lowest BCUT2D eigenvalue weighted by molar-refractivity contribution is 0.588. The number of hydrogen-bond donors (Lipinski definition) is 1. The highest BCUT2D eigenvalue weighted by Crippen LogP contribution is 2.29. The molecule has 0 saturated heterocycles. The Balaban J connectivity index is 2.30. The fourth-order valence-electron chi connectivity index (χ4n) is 1.74. The number of aromatic nitrogens is 3. The molecular formula is C14H20N4S. The molecule has 0 aliphatic rings. The number of rotatable bonds is 5. The van der Waals surface area contributed by atoms with Crippen LogP contribution in [-0.2, 0) is 6.54 Å². The molecule has 2 rings (SSSR count). The molecule has 102 valence electrons. The van der Waals surface area contributed by atoms with Crippen molar-refractivity contribution in [3.63, 3.8) is 0 Å². The molecule has 2 aromatic heterocycles. The van der Waals surface area contributed by atoms with Crippen molar-refractivity contribution >= 4 is 11.3 Å². The number of hydrogen-bond acceptors (Lipinski definition) is 5. The maximum absolute atomic E-state index is 4.71. The first-order chi connectivity index (χ1) is 9.08. The zero-order valence-electron chi connectivity index (χ0n) is 11.8. The van der Waals surface area contributed by atoms with Gasteiger partial charge in [-0.3, -0.25) is 0 Å².